The van der Waals surface area contributed by atoms with Gasteiger partial charge in [-0.05, 0) is 59.1 Å². The molecule has 1 saturated heterocycles. The number of hydrogen-bond acceptors (Lipinski definition) is 6. The molecule has 0 bridgehead atoms. The number of non-ortho nitro benzene ring substituents is 1. The van der Waals surface area contributed by atoms with Gasteiger partial charge in [0.05, 0.1) is 14.9 Å². The Balaban J connectivity index is 1.68. The normalized spacial score (nSPS) is 15.3. The maximum Gasteiger partial charge on any atom is 0.293 e. The van der Waals surface area contributed by atoms with Crippen molar-refractivity contribution in [1.82, 2.24) is 4.90 Å². The van der Waals surface area contributed by atoms with Crippen LogP contribution in [0.15, 0.2) is 47.4 Å². The molecular formula is C21H19ClN2O5S. The van der Waals surface area contributed by atoms with Crippen molar-refractivity contribution in [2.45, 2.75) is 20.5 Å². The first kappa shape index (κ1) is 21.9. The largest absolute Gasteiger partial charge is 0.487 e. The lowest BCUT2D eigenvalue weighted by molar-refractivity contribution is -0.384. The van der Waals surface area contributed by atoms with E-state index in [2.05, 4.69) is 0 Å². The maximum absolute atomic E-state index is 12.4. The molecule has 0 N–H and O–H groups in total. The van der Waals surface area contributed by atoms with Gasteiger partial charge in [-0.25, -0.2) is 0 Å². The zero-order chi connectivity index (χ0) is 21.8. The van der Waals surface area contributed by atoms with E-state index >= 15 is 0 Å². The van der Waals surface area contributed by atoms with Crippen LogP contribution in [0.1, 0.15) is 25.0 Å². The number of imide groups is 1. The molecule has 7 nitrogen and oxygen atoms in total. The summed E-state index contributed by atoms with van der Waals surface area (Å²) in [6.45, 7) is 4.48. The van der Waals surface area contributed by atoms with Gasteiger partial charge in [0.1, 0.15) is 12.4 Å². The summed E-state index contributed by atoms with van der Waals surface area (Å²) in [7, 11) is 0. The van der Waals surface area contributed by atoms with Crippen LogP contribution in [0.5, 0.6) is 5.75 Å². The average Bonchev–Trinajstić information content (AvgIpc) is 2.94. The van der Waals surface area contributed by atoms with Crippen molar-refractivity contribution in [3.63, 3.8) is 0 Å². The fourth-order valence-corrected chi connectivity index (χ4v) is 3.86. The highest BCUT2D eigenvalue weighted by Crippen LogP contribution is 2.34. The summed E-state index contributed by atoms with van der Waals surface area (Å²) in [4.78, 5) is 36.4. The Morgan fingerprint density at radius 2 is 1.90 bits per heavy atom. The molecule has 2 aromatic rings. The number of nitro groups is 1. The van der Waals surface area contributed by atoms with Crippen LogP contribution in [-0.2, 0) is 11.4 Å². The van der Waals surface area contributed by atoms with Gasteiger partial charge >= 0.3 is 0 Å². The molecule has 0 unspecified atom stereocenters. The molecule has 2 amide bonds. The number of hydrogen-bond donors (Lipinski definition) is 0. The third-order valence-corrected chi connectivity index (χ3v) is 5.42. The lowest BCUT2D eigenvalue weighted by Gasteiger charge is -2.14. The summed E-state index contributed by atoms with van der Waals surface area (Å²) in [6, 6.07) is 11.1. The zero-order valence-electron chi connectivity index (χ0n) is 16.3. The van der Waals surface area contributed by atoms with Crippen molar-refractivity contribution in [1.29, 1.82) is 0 Å². The van der Waals surface area contributed by atoms with Crippen molar-refractivity contribution < 1.29 is 19.2 Å². The second-order valence-corrected chi connectivity index (χ2v) is 8.49. The van der Waals surface area contributed by atoms with Gasteiger partial charge in [0.15, 0.2) is 0 Å². The number of carbonyl (C=O) groups excluding carboxylic acids is 2. The molecule has 0 saturated carbocycles. The van der Waals surface area contributed by atoms with Crippen molar-refractivity contribution >= 4 is 46.3 Å². The molecule has 1 aliphatic rings. The Labute approximate surface area is 182 Å². The predicted octanol–water partition coefficient (Wildman–Crippen LogP) is 5.52. The highest BCUT2D eigenvalue weighted by Gasteiger charge is 2.35. The highest BCUT2D eigenvalue weighted by molar-refractivity contribution is 8.18. The highest BCUT2D eigenvalue weighted by atomic mass is 35.5. The molecule has 0 radical (unpaired) electrons. The minimum absolute atomic E-state index is 0.0129. The van der Waals surface area contributed by atoms with E-state index in [9.17, 15) is 19.7 Å². The van der Waals surface area contributed by atoms with E-state index in [-0.39, 0.29) is 29.4 Å². The first-order chi connectivity index (χ1) is 14.2. The summed E-state index contributed by atoms with van der Waals surface area (Å²) in [5, 5.41) is 10.8. The van der Waals surface area contributed by atoms with E-state index in [4.69, 9.17) is 16.3 Å². The molecule has 156 valence electrons. The van der Waals surface area contributed by atoms with E-state index < -0.39 is 4.92 Å². The van der Waals surface area contributed by atoms with Gasteiger partial charge < -0.3 is 4.74 Å². The molecule has 0 aliphatic carbocycles. The minimum Gasteiger partial charge on any atom is -0.487 e. The molecule has 3 rings (SSSR count). The molecule has 9 heteroatoms. The summed E-state index contributed by atoms with van der Waals surface area (Å²) in [6.07, 6.45) is 1.64. The Morgan fingerprint density at radius 3 is 2.50 bits per heavy atom. The predicted molar refractivity (Wildman–Crippen MR) is 116 cm³/mol. The van der Waals surface area contributed by atoms with Crippen LogP contribution in [0.25, 0.3) is 6.08 Å². The van der Waals surface area contributed by atoms with Crippen LogP contribution in [0.4, 0.5) is 10.5 Å². The first-order valence-corrected chi connectivity index (χ1v) is 10.3. The second kappa shape index (κ2) is 9.32. The molecule has 0 aromatic heterocycles. The first-order valence-electron chi connectivity index (χ1n) is 9.15. The summed E-state index contributed by atoms with van der Waals surface area (Å²) in [5.41, 5.74) is 1.45. The molecular weight excluding hydrogens is 428 g/mol. The van der Waals surface area contributed by atoms with Gasteiger partial charge in [-0.3, -0.25) is 24.6 Å². The van der Waals surface area contributed by atoms with E-state index in [1.165, 1.54) is 17.0 Å². The van der Waals surface area contributed by atoms with E-state index in [0.717, 1.165) is 17.3 Å². The smallest absolute Gasteiger partial charge is 0.293 e. The Kier molecular flexibility index (Phi) is 6.79. The number of rotatable bonds is 7. The number of halogens is 1. The maximum atomic E-state index is 12.4. The molecule has 2 aromatic carbocycles. The van der Waals surface area contributed by atoms with Crippen LogP contribution in [0.3, 0.4) is 0 Å². The van der Waals surface area contributed by atoms with E-state index in [1.807, 2.05) is 13.8 Å². The van der Waals surface area contributed by atoms with E-state index in [0.29, 0.717) is 27.8 Å². The molecule has 1 fully saturated rings. The Morgan fingerprint density at radius 1 is 1.20 bits per heavy atom. The van der Waals surface area contributed by atoms with Gasteiger partial charge in [0.25, 0.3) is 16.8 Å². The summed E-state index contributed by atoms with van der Waals surface area (Å²) in [5.74, 6) is 0.341. The fourth-order valence-electron chi connectivity index (χ4n) is 2.77. The van der Waals surface area contributed by atoms with Crippen LogP contribution in [-0.4, -0.2) is 27.5 Å². The number of nitro benzene ring substituents is 1. The third kappa shape index (κ3) is 5.20. The monoisotopic (exact) mass is 446 g/mol. The molecule has 0 spiro atoms. The standard InChI is InChI=1S/C21H19ClN2O5S/c1-13(2)11-23-20(25)19(30-21(23)26)10-15-5-8-18(17(22)9-15)29-12-14-3-6-16(7-4-14)24(27)28/h3-10,13H,11-12H2,1-2H3. The van der Waals surface area contributed by atoms with Gasteiger partial charge in [0.2, 0.25) is 0 Å². The van der Waals surface area contributed by atoms with Crippen LogP contribution in [0, 0.1) is 16.0 Å². The number of benzene rings is 2. The molecule has 1 heterocycles. The number of ether oxygens (including phenoxy) is 1. The fraction of sp³-hybridized carbons (Fsp3) is 0.238. The Hall–Kier alpha value is -2.84. The number of nitrogens with zero attached hydrogens (tertiary/aromatic N) is 2. The summed E-state index contributed by atoms with van der Waals surface area (Å²) >= 11 is 7.21. The quantitative estimate of drug-likeness (QED) is 0.316. The lowest BCUT2D eigenvalue weighted by Crippen LogP contribution is -2.31. The minimum atomic E-state index is -0.461. The van der Waals surface area contributed by atoms with Gasteiger partial charge in [0, 0.05) is 18.7 Å². The van der Waals surface area contributed by atoms with Crippen LogP contribution in [0.2, 0.25) is 5.02 Å². The van der Waals surface area contributed by atoms with Crippen LogP contribution >= 0.6 is 23.4 Å². The summed E-state index contributed by atoms with van der Waals surface area (Å²) < 4.78 is 5.69. The molecule has 0 atom stereocenters. The zero-order valence-corrected chi connectivity index (χ0v) is 17.9. The topological polar surface area (TPSA) is 89.8 Å². The van der Waals surface area contributed by atoms with Crippen molar-refractivity contribution in [3.8, 4) is 5.75 Å². The molecule has 30 heavy (non-hydrogen) atoms. The second-order valence-electron chi connectivity index (χ2n) is 7.09. The lowest BCUT2D eigenvalue weighted by atomic mass is 10.2. The van der Waals surface area contributed by atoms with Crippen molar-refractivity contribution in [3.05, 3.63) is 73.6 Å². The van der Waals surface area contributed by atoms with Gasteiger partial charge in [-0.2, -0.15) is 0 Å². The average molecular weight is 447 g/mol. The Bertz CT molecular complexity index is 1020. The third-order valence-electron chi connectivity index (χ3n) is 4.22. The molecule has 1 aliphatic heterocycles. The van der Waals surface area contributed by atoms with Crippen molar-refractivity contribution in [2.75, 3.05) is 6.54 Å². The number of carbonyl (C=O) groups is 2. The SMILES string of the molecule is CC(C)CN1C(=O)SC(=Cc2ccc(OCc3ccc([N+](=O)[O-])cc3)c(Cl)c2)C1=O. The number of thioether (sulfide) groups is 1. The van der Waals surface area contributed by atoms with Gasteiger partial charge in [-0.1, -0.05) is 31.5 Å². The number of amides is 2. The van der Waals surface area contributed by atoms with Crippen molar-refractivity contribution in [2.24, 2.45) is 5.92 Å². The van der Waals surface area contributed by atoms with E-state index in [1.54, 1.807) is 36.4 Å². The van der Waals surface area contributed by atoms with Gasteiger partial charge in [-0.15, -0.1) is 0 Å². The van der Waals surface area contributed by atoms with Crippen LogP contribution < -0.4 is 4.74 Å².